The van der Waals surface area contributed by atoms with Crippen molar-refractivity contribution in [3.05, 3.63) is 59.5 Å². The highest BCUT2D eigenvalue weighted by Gasteiger charge is 2.24. The molecule has 0 atom stereocenters. The lowest BCUT2D eigenvalue weighted by Gasteiger charge is -2.23. The van der Waals surface area contributed by atoms with Crippen LogP contribution in [0.4, 0.5) is 0 Å². The van der Waals surface area contributed by atoms with Crippen molar-refractivity contribution in [1.82, 2.24) is 19.9 Å². The fourth-order valence-corrected chi connectivity index (χ4v) is 5.56. The summed E-state index contributed by atoms with van der Waals surface area (Å²) < 4.78 is 24.5. The molecule has 0 amide bonds. The first-order chi connectivity index (χ1) is 16.9. The number of ether oxygens (including phenoxy) is 2. The molecule has 1 fully saturated rings. The Balaban J connectivity index is 1.62. The summed E-state index contributed by atoms with van der Waals surface area (Å²) in [7, 11) is -0.861. The van der Waals surface area contributed by atoms with Crippen LogP contribution in [0.3, 0.4) is 0 Å². The molecule has 35 heavy (non-hydrogen) atoms. The summed E-state index contributed by atoms with van der Waals surface area (Å²) >= 11 is 0. The lowest BCUT2D eigenvalue weighted by molar-refractivity contribution is 0.356. The van der Waals surface area contributed by atoms with Crippen LogP contribution in [0.25, 0.3) is 21.9 Å². The number of aromatic nitrogens is 3. The van der Waals surface area contributed by atoms with Crippen molar-refractivity contribution < 1.29 is 23.8 Å². The Morgan fingerprint density at radius 1 is 1.06 bits per heavy atom. The predicted octanol–water partition coefficient (Wildman–Crippen LogP) is 3.79. The number of nitrogens with zero attached hydrogens (tertiary/aromatic N) is 3. The minimum atomic E-state index is -4.10. The Kier molecular flexibility index (Phi) is 6.51. The maximum Gasteiger partial charge on any atom is 0.329 e. The number of methoxy groups -OCH3 is 2. The average Bonchev–Trinajstić information content (AvgIpc) is 3.27. The zero-order valence-electron chi connectivity index (χ0n) is 19.8. The Bertz CT molecular complexity index is 1410. The quantitative estimate of drug-likeness (QED) is 0.331. The number of rotatable bonds is 7. The molecule has 3 heterocycles. The number of pyridine rings is 1. The fourth-order valence-electron chi connectivity index (χ4n) is 4.87. The van der Waals surface area contributed by atoms with Gasteiger partial charge in [0.25, 0.3) is 0 Å². The van der Waals surface area contributed by atoms with E-state index in [4.69, 9.17) is 19.4 Å². The topological polar surface area (TPSA) is 119 Å². The second-order valence-electron chi connectivity index (χ2n) is 8.95. The number of imidazole rings is 1. The van der Waals surface area contributed by atoms with Gasteiger partial charge in [0.2, 0.25) is 0 Å². The van der Waals surface area contributed by atoms with Crippen LogP contribution in [0.1, 0.15) is 35.6 Å². The molecular formula is C25H29N4O5P. The van der Waals surface area contributed by atoms with Crippen LogP contribution in [0.15, 0.2) is 42.7 Å². The molecule has 1 saturated heterocycles. The van der Waals surface area contributed by atoms with Gasteiger partial charge in [0.05, 0.1) is 43.4 Å². The van der Waals surface area contributed by atoms with Crippen molar-refractivity contribution in [3.63, 3.8) is 0 Å². The van der Waals surface area contributed by atoms with Crippen LogP contribution in [0.5, 0.6) is 11.5 Å². The Labute approximate surface area is 203 Å². The highest BCUT2D eigenvalue weighted by molar-refractivity contribution is 7.50. The van der Waals surface area contributed by atoms with E-state index in [1.807, 2.05) is 30.6 Å². The summed E-state index contributed by atoms with van der Waals surface area (Å²) in [6.07, 6.45) is 3.60. The predicted molar refractivity (Wildman–Crippen MR) is 134 cm³/mol. The van der Waals surface area contributed by atoms with Gasteiger partial charge in [-0.3, -0.25) is 4.57 Å². The van der Waals surface area contributed by atoms with Gasteiger partial charge in [-0.25, -0.2) is 9.97 Å². The van der Waals surface area contributed by atoms with Crippen LogP contribution >= 0.6 is 7.60 Å². The third-order valence-corrected chi connectivity index (χ3v) is 7.35. The molecule has 184 valence electrons. The van der Waals surface area contributed by atoms with Gasteiger partial charge in [0.1, 0.15) is 5.52 Å². The van der Waals surface area contributed by atoms with Crippen molar-refractivity contribution in [1.29, 1.82) is 0 Å². The normalized spacial score (nSPS) is 15.1. The smallest absolute Gasteiger partial charge is 0.329 e. The zero-order valence-corrected chi connectivity index (χ0v) is 20.7. The first-order valence-electron chi connectivity index (χ1n) is 11.6. The molecular weight excluding hydrogens is 467 g/mol. The van der Waals surface area contributed by atoms with E-state index in [1.54, 1.807) is 26.4 Å². The lowest BCUT2D eigenvalue weighted by Crippen LogP contribution is -2.27. The number of piperidine rings is 1. The number of fused-ring (bicyclic) bond motifs is 3. The number of hydrogen-bond acceptors (Lipinski definition) is 6. The lowest BCUT2D eigenvalue weighted by atomic mass is 9.92. The number of hydrogen-bond donors (Lipinski definition) is 3. The van der Waals surface area contributed by atoms with Crippen molar-refractivity contribution in [3.8, 4) is 11.5 Å². The van der Waals surface area contributed by atoms with E-state index in [0.717, 1.165) is 59.1 Å². The van der Waals surface area contributed by atoms with E-state index < -0.39 is 7.60 Å². The largest absolute Gasteiger partial charge is 0.493 e. The molecule has 0 saturated carbocycles. The minimum absolute atomic E-state index is 0.265. The second kappa shape index (κ2) is 9.59. The Hall–Kier alpha value is -2.97. The van der Waals surface area contributed by atoms with E-state index in [2.05, 4.69) is 9.88 Å². The summed E-state index contributed by atoms with van der Waals surface area (Å²) in [6.45, 7) is 2.48. The summed E-state index contributed by atoms with van der Waals surface area (Å²) in [6, 6.07) is 11.2. The molecule has 9 nitrogen and oxygen atoms in total. The second-order valence-corrected chi connectivity index (χ2v) is 10.6. The van der Waals surface area contributed by atoms with Crippen LogP contribution in [-0.4, -0.2) is 51.6 Å². The molecule has 1 aliphatic heterocycles. The van der Waals surface area contributed by atoms with E-state index in [0.29, 0.717) is 29.5 Å². The number of nitrogens with one attached hydrogen (secondary N) is 1. The molecule has 0 spiro atoms. The molecule has 2 aromatic heterocycles. The van der Waals surface area contributed by atoms with Crippen molar-refractivity contribution in [2.75, 3.05) is 27.3 Å². The highest BCUT2D eigenvalue weighted by Crippen LogP contribution is 2.40. The standard InChI is InChI=1S/C25H29N4O5P/c1-33-21-11-19-20(12-22(21)34-2)28-23(18-7-9-26-10-8-18)24-25(19)29(15-27-24)13-16-3-5-17(6-4-16)14-35(30,31)32/h3-6,11-12,15,18,26H,7-10,13-14H2,1-2H3,(H2,30,31,32). The van der Waals surface area contributed by atoms with Crippen molar-refractivity contribution in [2.24, 2.45) is 0 Å². The molecule has 0 radical (unpaired) electrons. The molecule has 10 heteroatoms. The SMILES string of the molecule is COc1cc2nc(C3CCNCC3)c3ncn(Cc4ccc(CP(=O)(O)O)cc4)c3c2cc1OC. The van der Waals surface area contributed by atoms with E-state index in [-0.39, 0.29) is 6.16 Å². The first kappa shape index (κ1) is 23.8. The Morgan fingerprint density at radius 2 is 1.71 bits per heavy atom. The third kappa shape index (κ3) is 4.90. The maximum atomic E-state index is 11.3. The monoisotopic (exact) mass is 496 g/mol. The fraction of sp³-hybridized carbons (Fsp3) is 0.360. The van der Waals surface area contributed by atoms with Crippen LogP contribution in [0.2, 0.25) is 0 Å². The van der Waals surface area contributed by atoms with E-state index in [1.165, 1.54) is 0 Å². The highest BCUT2D eigenvalue weighted by atomic mass is 31.2. The van der Waals surface area contributed by atoms with Crippen molar-refractivity contribution >= 4 is 29.5 Å². The zero-order chi connectivity index (χ0) is 24.6. The molecule has 0 bridgehead atoms. The Morgan fingerprint density at radius 3 is 2.37 bits per heavy atom. The maximum absolute atomic E-state index is 11.3. The summed E-state index contributed by atoms with van der Waals surface area (Å²) in [5, 5.41) is 4.36. The van der Waals surface area contributed by atoms with Gasteiger partial charge >= 0.3 is 7.60 Å². The van der Waals surface area contributed by atoms with Crippen molar-refractivity contribution in [2.45, 2.75) is 31.5 Å². The van der Waals surface area contributed by atoms with E-state index in [9.17, 15) is 14.4 Å². The first-order valence-corrected chi connectivity index (χ1v) is 13.4. The van der Waals surface area contributed by atoms with Gasteiger partial charge in [-0.2, -0.15) is 0 Å². The molecule has 3 N–H and O–H groups in total. The van der Waals surface area contributed by atoms with Gasteiger partial charge in [0, 0.05) is 23.9 Å². The summed E-state index contributed by atoms with van der Waals surface area (Å²) in [5.74, 6) is 1.59. The van der Waals surface area contributed by atoms with Crippen LogP contribution < -0.4 is 14.8 Å². The molecule has 5 rings (SSSR count). The third-order valence-electron chi connectivity index (χ3n) is 6.57. The molecule has 2 aromatic carbocycles. The van der Waals surface area contributed by atoms with Gasteiger partial charge < -0.3 is 29.1 Å². The van der Waals surface area contributed by atoms with Gasteiger partial charge in [-0.15, -0.1) is 0 Å². The molecule has 0 unspecified atom stereocenters. The summed E-state index contributed by atoms with van der Waals surface area (Å²) in [4.78, 5) is 28.4. The van der Waals surface area contributed by atoms with Crippen LogP contribution in [0, 0.1) is 0 Å². The van der Waals surface area contributed by atoms with Crippen LogP contribution in [-0.2, 0) is 17.3 Å². The summed E-state index contributed by atoms with van der Waals surface area (Å²) in [5.41, 5.74) is 5.35. The van der Waals surface area contributed by atoms with Gasteiger partial charge in [-0.1, -0.05) is 24.3 Å². The molecule has 0 aliphatic carbocycles. The average molecular weight is 497 g/mol. The minimum Gasteiger partial charge on any atom is -0.493 e. The van der Waals surface area contributed by atoms with Gasteiger partial charge in [-0.05, 0) is 43.1 Å². The van der Waals surface area contributed by atoms with Gasteiger partial charge in [0.15, 0.2) is 11.5 Å². The molecule has 1 aliphatic rings. The number of benzene rings is 2. The van der Waals surface area contributed by atoms with E-state index >= 15 is 0 Å². The molecule has 4 aromatic rings.